The van der Waals surface area contributed by atoms with Crippen LogP contribution >= 0.6 is 0 Å². The van der Waals surface area contributed by atoms with Crippen molar-refractivity contribution in [2.75, 3.05) is 5.75 Å². The number of carbonyl (C=O) groups excluding carboxylic acids is 1. The molecule has 152 valence electrons. The van der Waals surface area contributed by atoms with Crippen molar-refractivity contribution in [3.63, 3.8) is 0 Å². The molecule has 2 aromatic rings. The van der Waals surface area contributed by atoms with E-state index < -0.39 is 9.84 Å². The van der Waals surface area contributed by atoms with Gasteiger partial charge in [0.2, 0.25) is 5.89 Å². The van der Waals surface area contributed by atoms with E-state index in [4.69, 9.17) is 4.42 Å². The Hall–Kier alpha value is -1.95. The molecule has 0 bridgehead atoms. The van der Waals surface area contributed by atoms with Crippen molar-refractivity contribution in [3.05, 3.63) is 41.8 Å². The molecule has 6 heteroatoms. The first kappa shape index (κ1) is 20.8. The van der Waals surface area contributed by atoms with Gasteiger partial charge in [-0.3, -0.25) is 4.79 Å². The zero-order valence-electron chi connectivity index (χ0n) is 16.8. The van der Waals surface area contributed by atoms with E-state index in [1.165, 1.54) is 0 Å². The summed E-state index contributed by atoms with van der Waals surface area (Å²) < 4.78 is 29.6. The van der Waals surface area contributed by atoms with Crippen LogP contribution in [0.2, 0.25) is 0 Å². The number of rotatable bonds is 7. The molecule has 0 spiro atoms. The summed E-state index contributed by atoms with van der Waals surface area (Å²) >= 11 is 0. The maximum absolute atomic E-state index is 12.8. The van der Waals surface area contributed by atoms with Crippen molar-refractivity contribution < 1.29 is 17.6 Å². The van der Waals surface area contributed by atoms with Crippen LogP contribution < -0.4 is 0 Å². The second kappa shape index (κ2) is 8.60. The second-order valence-electron chi connectivity index (χ2n) is 8.22. The number of aryl methyl sites for hydroxylation is 1. The second-order valence-corrected chi connectivity index (χ2v) is 10.8. The van der Waals surface area contributed by atoms with E-state index in [9.17, 15) is 13.2 Å². The van der Waals surface area contributed by atoms with E-state index in [-0.39, 0.29) is 28.6 Å². The number of sulfone groups is 1. The Labute approximate surface area is 167 Å². The Morgan fingerprint density at radius 1 is 1.21 bits per heavy atom. The fourth-order valence-corrected chi connectivity index (χ4v) is 5.27. The first-order valence-corrected chi connectivity index (χ1v) is 11.7. The van der Waals surface area contributed by atoms with Gasteiger partial charge >= 0.3 is 0 Å². The zero-order valence-corrected chi connectivity index (χ0v) is 17.7. The summed E-state index contributed by atoms with van der Waals surface area (Å²) in [6, 6.07) is 5.92. The Bertz CT molecular complexity index is 908. The van der Waals surface area contributed by atoms with Crippen LogP contribution in [0.15, 0.2) is 35.1 Å². The molecule has 1 aliphatic carbocycles. The van der Waals surface area contributed by atoms with Crippen molar-refractivity contribution in [1.29, 1.82) is 0 Å². The largest absolute Gasteiger partial charge is 0.445 e. The van der Waals surface area contributed by atoms with Crippen LogP contribution in [-0.2, 0) is 21.1 Å². The predicted octanol–water partition coefficient (Wildman–Crippen LogP) is 4.39. The number of carbonyl (C=O) groups is 1. The van der Waals surface area contributed by atoms with Gasteiger partial charge in [-0.1, -0.05) is 6.07 Å². The molecule has 1 fully saturated rings. The van der Waals surface area contributed by atoms with Crippen LogP contribution in [0.3, 0.4) is 0 Å². The van der Waals surface area contributed by atoms with Gasteiger partial charge in [0, 0.05) is 17.9 Å². The van der Waals surface area contributed by atoms with E-state index in [1.807, 2.05) is 25.1 Å². The number of benzene rings is 1. The van der Waals surface area contributed by atoms with Crippen molar-refractivity contribution in [1.82, 2.24) is 4.98 Å². The molecule has 1 aromatic carbocycles. The van der Waals surface area contributed by atoms with Gasteiger partial charge in [-0.05, 0) is 75.6 Å². The number of aromatic nitrogens is 1. The Morgan fingerprint density at radius 3 is 2.50 bits per heavy atom. The molecule has 28 heavy (non-hydrogen) atoms. The first-order valence-electron chi connectivity index (χ1n) is 10.00. The van der Waals surface area contributed by atoms with Crippen LogP contribution in [0, 0.1) is 18.8 Å². The molecule has 0 N–H and O–H groups in total. The van der Waals surface area contributed by atoms with E-state index in [0.717, 1.165) is 42.4 Å². The zero-order chi connectivity index (χ0) is 20.3. The van der Waals surface area contributed by atoms with Crippen molar-refractivity contribution >= 4 is 15.6 Å². The summed E-state index contributed by atoms with van der Waals surface area (Å²) in [5, 5.41) is -0.325. The SMILES string of the molecule is Cc1cc(-c2ncco2)ccc1CC(=O)C1CCC(CS(=O)(=O)C(C)C)CC1. The molecular formula is C22H29NO4S. The fraction of sp³-hybridized carbons (Fsp3) is 0.545. The molecular weight excluding hydrogens is 374 g/mol. The first-order chi connectivity index (χ1) is 13.3. The third-order valence-corrected chi connectivity index (χ3v) is 8.25. The highest BCUT2D eigenvalue weighted by molar-refractivity contribution is 7.91. The molecule has 1 heterocycles. The summed E-state index contributed by atoms with van der Waals surface area (Å²) in [5.74, 6) is 1.34. The monoisotopic (exact) mass is 403 g/mol. The van der Waals surface area contributed by atoms with E-state index in [0.29, 0.717) is 12.3 Å². The van der Waals surface area contributed by atoms with Crippen molar-refractivity contribution in [2.24, 2.45) is 11.8 Å². The number of oxazole rings is 1. The van der Waals surface area contributed by atoms with Gasteiger partial charge in [0.15, 0.2) is 9.84 Å². The van der Waals surface area contributed by atoms with Crippen LogP contribution in [-0.4, -0.2) is 30.2 Å². The molecule has 0 aliphatic heterocycles. The van der Waals surface area contributed by atoms with E-state index in [2.05, 4.69) is 4.98 Å². The third kappa shape index (κ3) is 4.90. The lowest BCUT2D eigenvalue weighted by molar-refractivity contribution is -0.123. The topological polar surface area (TPSA) is 77.2 Å². The van der Waals surface area contributed by atoms with Gasteiger partial charge < -0.3 is 4.42 Å². The lowest BCUT2D eigenvalue weighted by Gasteiger charge is -2.28. The minimum Gasteiger partial charge on any atom is -0.445 e. The lowest BCUT2D eigenvalue weighted by atomic mass is 9.79. The quantitative estimate of drug-likeness (QED) is 0.685. The highest BCUT2D eigenvalue weighted by Crippen LogP contribution is 2.32. The smallest absolute Gasteiger partial charge is 0.225 e. The maximum atomic E-state index is 12.8. The molecule has 0 atom stereocenters. The number of hydrogen-bond donors (Lipinski definition) is 0. The highest BCUT2D eigenvalue weighted by atomic mass is 32.2. The highest BCUT2D eigenvalue weighted by Gasteiger charge is 2.30. The standard InChI is InChI=1S/C22H29NO4S/c1-15(2)28(25,26)14-17-4-6-18(7-5-17)21(24)13-19-8-9-20(12-16(19)3)22-23-10-11-27-22/h8-12,15,17-18H,4-7,13-14H2,1-3H3. The lowest BCUT2D eigenvalue weighted by Crippen LogP contribution is -2.29. The molecule has 0 saturated heterocycles. The van der Waals surface area contributed by atoms with Crippen LogP contribution in [0.1, 0.15) is 50.7 Å². The van der Waals surface area contributed by atoms with E-state index >= 15 is 0 Å². The van der Waals surface area contributed by atoms with Gasteiger partial charge in [-0.15, -0.1) is 0 Å². The number of nitrogens with zero attached hydrogens (tertiary/aromatic N) is 1. The number of ketones is 1. The average Bonchev–Trinajstić information content (AvgIpc) is 3.18. The van der Waals surface area contributed by atoms with Crippen LogP contribution in [0.4, 0.5) is 0 Å². The third-order valence-electron chi connectivity index (χ3n) is 5.87. The normalized spacial score (nSPS) is 20.4. The maximum Gasteiger partial charge on any atom is 0.225 e. The molecule has 1 aliphatic rings. The van der Waals surface area contributed by atoms with Crippen molar-refractivity contribution in [2.45, 2.75) is 58.1 Å². The minimum atomic E-state index is -3.01. The molecule has 0 unspecified atom stereocenters. The van der Waals surface area contributed by atoms with Gasteiger partial charge in [-0.25, -0.2) is 13.4 Å². The van der Waals surface area contributed by atoms with Gasteiger partial charge in [-0.2, -0.15) is 0 Å². The number of Topliss-reactive ketones (excluding diaryl/α,β-unsaturated/α-hetero) is 1. The summed E-state index contributed by atoms with van der Waals surface area (Å²) in [6.07, 6.45) is 6.83. The molecule has 1 aromatic heterocycles. The summed E-state index contributed by atoms with van der Waals surface area (Å²) in [4.78, 5) is 16.9. The Morgan fingerprint density at radius 2 is 1.93 bits per heavy atom. The van der Waals surface area contributed by atoms with Gasteiger partial charge in [0.05, 0.1) is 17.2 Å². The number of hydrogen-bond acceptors (Lipinski definition) is 5. The molecule has 3 rings (SSSR count). The van der Waals surface area contributed by atoms with E-state index in [1.54, 1.807) is 26.3 Å². The summed E-state index contributed by atoms with van der Waals surface area (Å²) in [6.45, 7) is 5.48. The Kier molecular flexibility index (Phi) is 6.38. The minimum absolute atomic E-state index is 0.0452. The molecule has 0 amide bonds. The summed E-state index contributed by atoms with van der Waals surface area (Å²) in [7, 11) is -3.01. The molecule has 0 radical (unpaired) electrons. The summed E-state index contributed by atoms with van der Waals surface area (Å²) in [5.41, 5.74) is 3.00. The van der Waals surface area contributed by atoms with Gasteiger partial charge in [0.1, 0.15) is 12.0 Å². The van der Waals surface area contributed by atoms with Crippen LogP contribution in [0.5, 0.6) is 0 Å². The van der Waals surface area contributed by atoms with Crippen molar-refractivity contribution in [3.8, 4) is 11.5 Å². The van der Waals surface area contributed by atoms with Gasteiger partial charge in [0.25, 0.3) is 0 Å². The average molecular weight is 404 g/mol. The van der Waals surface area contributed by atoms with Crippen LogP contribution in [0.25, 0.3) is 11.5 Å². The predicted molar refractivity (Wildman–Crippen MR) is 110 cm³/mol. The molecule has 1 saturated carbocycles. The Balaban J connectivity index is 1.56. The molecule has 5 nitrogen and oxygen atoms in total. The fourth-order valence-electron chi connectivity index (χ4n) is 3.90.